The number of furan rings is 1. The molecular formula is C12H12BrClN2O3S. The van der Waals surface area contributed by atoms with Crippen LogP contribution in [0.3, 0.4) is 0 Å². The van der Waals surface area contributed by atoms with Gasteiger partial charge in [0.05, 0.1) is 17.3 Å². The summed E-state index contributed by atoms with van der Waals surface area (Å²) in [6.07, 6.45) is 0. The molecule has 0 aliphatic carbocycles. The van der Waals surface area contributed by atoms with Crippen molar-refractivity contribution in [3.05, 3.63) is 45.6 Å². The summed E-state index contributed by atoms with van der Waals surface area (Å²) in [6.45, 7) is 0.458. The molecule has 0 atom stereocenters. The second-order valence-corrected chi connectivity index (χ2v) is 6.86. The van der Waals surface area contributed by atoms with E-state index >= 15 is 0 Å². The fraction of sp³-hybridized carbons (Fsp3) is 0.167. The van der Waals surface area contributed by atoms with Gasteiger partial charge in [0, 0.05) is 4.47 Å². The molecule has 8 heteroatoms. The van der Waals surface area contributed by atoms with Gasteiger partial charge in [-0.05, 0) is 53.3 Å². The second kappa shape index (κ2) is 6.17. The average molecular weight is 380 g/mol. The Labute approximate surface area is 130 Å². The van der Waals surface area contributed by atoms with E-state index in [4.69, 9.17) is 16.0 Å². The zero-order valence-corrected chi connectivity index (χ0v) is 13.6. The number of benzene rings is 1. The summed E-state index contributed by atoms with van der Waals surface area (Å²) in [5, 5.41) is 3.16. The van der Waals surface area contributed by atoms with Crippen molar-refractivity contribution in [1.29, 1.82) is 0 Å². The van der Waals surface area contributed by atoms with Gasteiger partial charge in [-0.15, -0.1) is 0 Å². The van der Waals surface area contributed by atoms with E-state index in [0.717, 1.165) is 0 Å². The minimum Gasteiger partial charge on any atom is -0.446 e. The van der Waals surface area contributed by atoms with Gasteiger partial charge in [0.15, 0.2) is 0 Å². The van der Waals surface area contributed by atoms with Gasteiger partial charge in [-0.25, -0.2) is 0 Å². The van der Waals surface area contributed by atoms with Gasteiger partial charge in [-0.1, -0.05) is 11.6 Å². The van der Waals surface area contributed by atoms with Crippen LogP contribution in [0.1, 0.15) is 5.76 Å². The smallest absolute Gasteiger partial charge is 0.295 e. The number of sulfonamides is 1. The molecule has 1 heterocycles. The molecule has 2 N–H and O–H groups in total. The molecule has 1 aromatic carbocycles. The Balaban J connectivity index is 2.23. The number of rotatable bonds is 5. The van der Waals surface area contributed by atoms with Gasteiger partial charge in [0.25, 0.3) is 10.0 Å². The number of hydrogen-bond donors (Lipinski definition) is 2. The first-order valence-electron chi connectivity index (χ1n) is 5.63. The van der Waals surface area contributed by atoms with Crippen LogP contribution in [0.4, 0.5) is 5.69 Å². The van der Waals surface area contributed by atoms with Crippen molar-refractivity contribution in [2.75, 3.05) is 11.8 Å². The van der Waals surface area contributed by atoms with Crippen molar-refractivity contribution in [1.82, 2.24) is 5.32 Å². The summed E-state index contributed by atoms with van der Waals surface area (Å²) in [5.41, 5.74) is 0.366. The molecule has 20 heavy (non-hydrogen) atoms. The number of anilines is 1. The Kier molecular flexibility index (Phi) is 4.74. The predicted molar refractivity (Wildman–Crippen MR) is 81.4 cm³/mol. The van der Waals surface area contributed by atoms with Crippen molar-refractivity contribution in [3.8, 4) is 0 Å². The molecule has 0 saturated carbocycles. The average Bonchev–Trinajstić information content (AvgIpc) is 2.83. The first-order chi connectivity index (χ1) is 9.42. The van der Waals surface area contributed by atoms with Gasteiger partial charge in [0.1, 0.15) is 5.76 Å². The highest BCUT2D eigenvalue weighted by atomic mass is 79.9. The molecule has 0 aliphatic heterocycles. The third kappa shape index (κ3) is 3.54. The topological polar surface area (TPSA) is 71.3 Å². The molecule has 0 spiro atoms. The summed E-state index contributed by atoms with van der Waals surface area (Å²) < 4.78 is 32.6. The normalized spacial score (nSPS) is 11.6. The van der Waals surface area contributed by atoms with Crippen LogP contribution in [0.15, 0.2) is 44.3 Å². The predicted octanol–water partition coefficient (Wildman–Crippen LogP) is 3.22. The summed E-state index contributed by atoms with van der Waals surface area (Å²) in [6, 6.07) is 7.80. The van der Waals surface area contributed by atoms with Gasteiger partial charge >= 0.3 is 0 Å². The van der Waals surface area contributed by atoms with Crippen LogP contribution in [0.5, 0.6) is 0 Å². The largest absolute Gasteiger partial charge is 0.446 e. The lowest BCUT2D eigenvalue weighted by atomic mass is 10.3. The third-order valence-corrected chi connectivity index (χ3v) is 4.91. The van der Waals surface area contributed by atoms with Gasteiger partial charge in [-0.3, -0.25) is 4.72 Å². The summed E-state index contributed by atoms with van der Waals surface area (Å²) in [5.74, 6) is 0.543. The van der Waals surface area contributed by atoms with Crippen molar-refractivity contribution in [2.45, 2.75) is 11.6 Å². The molecule has 5 nitrogen and oxygen atoms in total. The van der Waals surface area contributed by atoms with E-state index in [1.54, 1.807) is 25.2 Å². The van der Waals surface area contributed by atoms with E-state index in [1.807, 2.05) is 0 Å². The fourth-order valence-electron chi connectivity index (χ4n) is 1.54. The van der Waals surface area contributed by atoms with Crippen LogP contribution >= 0.6 is 27.5 Å². The summed E-state index contributed by atoms with van der Waals surface area (Å²) >= 11 is 9.16. The highest BCUT2D eigenvalue weighted by molar-refractivity contribution is 9.10. The first-order valence-corrected chi connectivity index (χ1v) is 8.29. The van der Waals surface area contributed by atoms with Gasteiger partial charge < -0.3 is 9.73 Å². The van der Waals surface area contributed by atoms with E-state index in [9.17, 15) is 8.42 Å². The van der Waals surface area contributed by atoms with Crippen LogP contribution < -0.4 is 10.0 Å². The zero-order chi connectivity index (χ0) is 14.8. The third-order valence-electron chi connectivity index (χ3n) is 2.42. The minimum atomic E-state index is -3.76. The highest BCUT2D eigenvalue weighted by Crippen LogP contribution is 2.27. The lowest BCUT2D eigenvalue weighted by Crippen LogP contribution is -2.12. The number of halogens is 2. The van der Waals surface area contributed by atoms with E-state index in [0.29, 0.717) is 27.5 Å². The van der Waals surface area contributed by atoms with E-state index in [1.165, 1.54) is 12.1 Å². The number of hydrogen-bond acceptors (Lipinski definition) is 4. The van der Waals surface area contributed by atoms with Gasteiger partial charge in [-0.2, -0.15) is 8.42 Å². The molecule has 0 amide bonds. The molecule has 0 radical (unpaired) electrons. The lowest BCUT2D eigenvalue weighted by molar-refractivity contribution is 0.408. The van der Waals surface area contributed by atoms with Crippen molar-refractivity contribution in [3.63, 3.8) is 0 Å². The molecular weight excluding hydrogens is 368 g/mol. The molecule has 0 unspecified atom stereocenters. The molecule has 1 aromatic heterocycles. The minimum absolute atomic E-state index is 0.137. The molecule has 108 valence electrons. The molecule has 2 aromatic rings. The van der Waals surface area contributed by atoms with E-state index in [-0.39, 0.29) is 5.09 Å². The Hall–Kier alpha value is -1.02. The van der Waals surface area contributed by atoms with Crippen LogP contribution in [-0.4, -0.2) is 15.5 Å². The summed E-state index contributed by atoms with van der Waals surface area (Å²) in [7, 11) is -2.01. The molecule has 0 bridgehead atoms. The van der Waals surface area contributed by atoms with E-state index < -0.39 is 10.0 Å². The monoisotopic (exact) mass is 378 g/mol. The standard InChI is InChI=1S/C12H12BrClN2O3S/c1-15-7-9-3-5-12(19-9)20(17,18)16-8-2-4-10(13)11(14)6-8/h2-6,15-16H,7H2,1H3. The van der Waals surface area contributed by atoms with Crippen LogP contribution in [0.25, 0.3) is 0 Å². The SMILES string of the molecule is CNCc1ccc(S(=O)(=O)Nc2ccc(Br)c(Cl)c2)o1. The molecule has 0 saturated heterocycles. The van der Waals surface area contributed by atoms with Crippen LogP contribution in [-0.2, 0) is 16.6 Å². The van der Waals surface area contributed by atoms with Crippen LogP contribution in [0, 0.1) is 0 Å². The van der Waals surface area contributed by atoms with E-state index in [2.05, 4.69) is 26.0 Å². The quantitative estimate of drug-likeness (QED) is 0.837. The van der Waals surface area contributed by atoms with Crippen LogP contribution in [0.2, 0.25) is 5.02 Å². The second-order valence-electron chi connectivity index (χ2n) is 3.99. The van der Waals surface area contributed by atoms with Crippen molar-refractivity contribution >= 4 is 43.2 Å². The Morgan fingerprint density at radius 3 is 2.70 bits per heavy atom. The Morgan fingerprint density at radius 2 is 2.05 bits per heavy atom. The zero-order valence-electron chi connectivity index (χ0n) is 10.5. The summed E-state index contributed by atoms with van der Waals surface area (Å²) in [4.78, 5) is 0. The maximum Gasteiger partial charge on any atom is 0.295 e. The highest BCUT2D eigenvalue weighted by Gasteiger charge is 2.19. The lowest BCUT2D eigenvalue weighted by Gasteiger charge is -2.06. The molecule has 2 rings (SSSR count). The fourth-order valence-corrected chi connectivity index (χ4v) is 2.97. The van der Waals surface area contributed by atoms with Gasteiger partial charge in [0.2, 0.25) is 5.09 Å². The first kappa shape index (κ1) is 15.4. The maximum atomic E-state index is 12.1. The van der Waals surface area contributed by atoms with Crippen molar-refractivity contribution in [2.24, 2.45) is 0 Å². The molecule has 0 fully saturated rings. The number of nitrogens with one attached hydrogen (secondary N) is 2. The Morgan fingerprint density at radius 1 is 1.30 bits per heavy atom. The van der Waals surface area contributed by atoms with Crippen molar-refractivity contribution < 1.29 is 12.8 Å². The maximum absolute atomic E-state index is 12.1. The Bertz CT molecular complexity index is 715. The molecule has 0 aliphatic rings.